The Balaban J connectivity index is 2.08. The maximum Gasteiger partial charge on any atom is 0.359 e. The van der Waals surface area contributed by atoms with Crippen molar-refractivity contribution < 1.29 is 9.53 Å². The summed E-state index contributed by atoms with van der Waals surface area (Å²) in [6, 6.07) is 0. The van der Waals surface area contributed by atoms with Gasteiger partial charge >= 0.3 is 5.97 Å². The number of aromatic amines is 1. The van der Waals surface area contributed by atoms with Crippen molar-refractivity contribution in [1.29, 1.82) is 0 Å². The number of hydrogen-bond donors (Lipinski definition) is 1. The molecule has 0 bridgehead atoms. The molecule has 0 amide bonds. The van der Waals surface area contributed by atoms with Crippen LogP contribution in [-0.2, 0) is 4.74 Å². The zero-order valence-electron chi connectivity index (χ0n) is 10.1. The summed E-state index contributed by atoms with van der Waals surface area (Å²) in [6.45, 7) is 0. The van der Waals surface area contributed by atoms with Crippen LogP contribution >= 0.6 is 0 Å². The molecule has 2 aromatic heterocycles. The van der Waals surface area contributed by atoms with Gasteiger partial charge in [0.15, 0.2) is 11.3 Å². The molecule has 6 nitrogen and oxygen atoms in total. The highest BCUT2D eigenvalue weighted by molar-refractivity contribution is 5.98. The Labute approximate surface area is 104 Å². The van der Waals surface area contributed by atoms with Gasteiger partial charge in [-0.15, -0.1) is 0 Å². The van der Waals surface area contributed by atoms with Crippen LogP contribution in [0.2, 0.25) is 0 Å². The van der Waals surface area contributed by atoms with Crippen molar-refractivity contribution in [2.75, 3.05) is 7.11 Å². The Morgan fingerprint density at radius 3 is 2.89 bits per heavy atom. The average molecular weight is 246 g/mol. The third-order valence-electron chi connectivity index (χ3n) is 3.43. The number of ether oxygens (including phenoxy) is 1. The van der Waals surface area contributed by atoms with E-state index < -0.39 is 5.97 Å². The molecule has 18 heavy (non-hydrogen) atoms. The van der Waals surface area contributed by atoms with Crippen molar-refractivity contribution in [2.24, 2.45) is 0 Å². The van der Waals surface area contributed by atoms with Gasteiger partial charge in [0.2, 0.25) is 0 Å². The molecule has 94 valence electrons. The molecule has 2 heterocycles. The van der Waals surface area contributed by atoms with Crippen LogP contribution in [0, 0.1) is 0 Å². The van der Waals surface area contributed by atoms with E-state index in [0.717, 1.165) is 18.7 Å². The van der Waals surface area contributed by atoms with Gasteiger partial charge in [0.1, 0.15) is 17.7 Å². The standard InChI is InChI=1S/C12H14N4O2/c1-18-12(17)9-8-11(14-6-13-9)16-10(15-8)7-4-2-3-5-7/h6-7H,2-5H2,1H3,(H,13,14,15,16). The van der Waals surface area contributed by atoms with Crippen LogP contribution in [0.5, 0.6) is 0 Å². The Morgan fingerprint density at radius 1 is 1.39 bits per heavy atom. The summed E-state index contributed by atoms with van der Waals surface area (Å²) >= 11 is 0. The largest absolute Gasteiger partial charge is 0.464 e. The highest BCUT2D eigenvalue weighted by Crippen LogP contribution is 2.33. The first-order chi connectivity index (χ1) is 8.79. The Kier molecular flexibility index (Phi) is 2.70. The summed E-state index contributed by atoms with van der Waals surface area (Å²) in [6.07, 6.45) is 6.09. The van der Waals surface area contributed by atoms with Crippen LogP contribution < -0.4 is 0 Å². The average Bonchev–Trinajstić information content (AvgIpc) is 3.04. The topological polar surface area (TPSA) is 80.8 Å². The van der Waals surface area contributed by atoms with E-state index in [4.69, 9.17) is 4.74 Å². The number of carbonyl (C=O) groups excluding carboxylic acids is 1. The Morgan fingerprint density at radius 2 is 2.17 bits per heavy atom. The van der Waals surface area contributed by atoms with Crippen LogP contribution in [0.4, 0.5) is 0 Å². The fraction of sp³-hybridized carbons (Fsp3) is 0.500. The van der Waals surface area contributed by atoms with E-state index in [1.165, 1.54) is 26.3 Å². The van der Waals surface area contributed by atoms with Gasteiger partial charge in [-0.25, -0.2) is 19.7 Å². The van der Waals surface area contributed by atoms with Gasteiger partial charge < -0.3 is 9.72 Å². The summed E-state index contributed by atoms with van der Waals surface area (Å²) in [5.74, 6) is 0.891. The first kappa shape index (κ1) is 11.1. The fourth-order valence-corrected chi connectivity index (χ4v) is 2.49. The van der Waals surface area contributed by atoms with E-state index in [9.17, 15) is 4.79 Å². The maximum absolute atomic E-state index is 11.6. The number of esters is 1. The number of nitrogens with one attached hydrogen (secondary N) is 1. The highest BCUT2D eigenvalue weighted by Gasteiger charge is 2.23. The summed E-state index contributed by atoms with van der Waals surface area (Å²) in [5, 5.41) is 0. The third-order valence-corrected chi connectivity index (χ3v) is 3.43. The van der Waals surface area contributed by atoms with Crippen molar-refractivity contribution in [1.82, 2.24) is 19.9 Å². The number of imidazole rings is 1. The van der Waals surface area contributed by atoms with Crippen LogP contribution in [0.25, 0.3) is 11.2 Å². The third kappa shape index (κ3) is 1.73. The first-order valence-corrected chi connectivity index (χ1v) is 6.08. The second-order valence-electron chi connectivity index (χ2n) is 4.52. The number of methoxy groups -OCH3 is 1. The summed E-state index contributed by atoms with van der Waals surface area (Å²) in [7, 11) is 1.34. The van der Waals surface area contributed by atoms with Crippen LogP contribution in [0.15, 0.2) is 6.33 Å². The van der Waals surface area contributed by atoms with Gasteiger partial charge in [-0.2, -0.15) is 0 Å². The predicted octanol–water partition coefficient (Wildman–Crippen LogP) is 1.80. The zero-order valence-corrected chi connectivity index (χ0v) is 10.1. The van der Waals surface area contributed by atoms with E-state index in [0.29, 0.717) is 17.1 Å². The number of fused-ring (bicyclic) bond motifs is 1. The van der Waals surface area contributed by atoms with Crippen molar-refractivity contribution in [3.8, 4) is 0 Å². The number of rotatable bonds is 2. The molecule has 0 unspecified atom stereocenters. The number of aromatic nitrogens is 4. The lowest BCUT2D eigenvalue weighted by molar-refractivity contribution is 0.0596. The van der Waals surface area contributed by atoms with Gasteiger partial charge in [-0.3, -0.25) is 0 Å². The van der Waals surface area contributed by atoms with Crippen molar-refractivity contribution in [3.05, 3.63) is 17.8 Å². The Bertz CT molecular complexity index is 587. The molecule has 1 fully saturated rings. The molecule has 0 spiro atoms. The molecule has 3 rings (SSSR count). The lowest BCUT2D eigenvalue weighted by Crippen LogP contribution is -2.05. The van der Waals surface area contributed by atoms with E-state index in [1.54, 1.807) is 0 Å². The predicted molar refractivity (Wildman–Crippen MR) is 64.2 cm³/mol. The molecule has 0 aromatic carbocycles. The molecule has 1 aliphatic carbocycles. The van der Waals surface area contributed by atoms with E-state index >= 15 is 0 Å². The van der Waals surface area contributed by atoms with Gasteiger partial charge in [0, 0.05) is 5.92 Å². The minimum Gasteiger partial charge on any atom is -0.464 e. The maximum atomic E-state index is 11.6. The lowest BCUT2D eigenvalue weighted by atomic mass is 10.1. The molecule has 6 heteroatoms. The number of carbonyl (C=O) groups is 1. The van der Waals surface area contributed by atoms with Crippen LogP contribution in [0.3, 0.4) is 0 Å². The second-order valence-corrected chi connectivity index (χ2v) is 4.52. The quantitative estimate of drug-likeness (QED) is 0.817. The molecule has 1 saturated carbocycles. The first-order valence-electron chi connectivity index (χ1n) is 6.08. The molecule has 0 radical (unpaired) electrons. The lowest BCUT2D eigenvalue weighted by Gasteiger charge is -2.02. The molecule has 0 aliphatic heterocycles. The molecule has 1 N–H and O–H groups in total. The monoisotopic (exact) mass is 246 g/mol. The van der Waals surface area contributed by atoms with Gasteiger partial charge in [-0.1, -0.05) is 12.8 Å². The minimum absolute atomic E-state index is 0.249. The summed E-state index contributed by atoms with van der Waals surface area (Å²) < 4.78 is 4.70. The van der Waals surface area contributed by atoms with Crippen molar-refractivity contribution in [2.45, 2.75) is 31.6 Å². The van der Waals surface area contributed by atoms with E-state index in [2.05, 4.69) is 19.9 Å². The van der Waals surface area contributed by atoms with E-state index in [-0.39, 0.29) is 5.69 Å². The van der Waals surface area contributed by atoms with Crippen LogP contribution in [0.1, 0.15) is 47.9 Å². The summed E-state index contributed by atoms with van der Waals surface area (Å²) in [4.78, 5) is 27.3. The molecular formula is C12H14N4O2. The van der Waals surface area contributed by atoms with Gasteiger partial charge in [0.25, 0.3) is 0 Å². The van der Waals surface area contributed by atoms with Crippen molar-refractivity contribution in [3.63, 3.8) is 0 Å². The number of nitrogens with zero attached hydrogens (tertiary/aromatic N) is 3. The highest BCUT2D eigenvalue weighted by atomic mass is 16.5. The van der Waals surface area contributed by atoms with Gasteiger partial charge in [0.05, 0.1) is 7.11 Å². The Hall–Kier alpha value is -1.98. The second kappa shape index (κ2) is 4.36. The number of H-pyrrole nitrogens is 1. The van der Waals surface area contributed by atoms with E-state index in [1.807, 2.05) is 0 Å². The minimum atomic E-state index is -0.468. The zero-order chi connectivity index (χ0) is 12.5. The van der Waals surface area contributed by atoms with Crippen LogP contribution in [-0.4, -0.2) is 33.0 Å². The molecular weight excluding hydrogens is 232 g/mol. The molecule has 0 saturated heterocycles. The normalized spacial score (nSPS) is 16.3. The van der Waals surface area contributed by atoms with Gasteiger partial charge in [-0.05, 0) is 12.8 Å². The molecule has 1 aliphatic rings. The number of hydrogen-bond acceptors (Lipinski definition) is 5. The SMILES string of the molecule is COC(=O)c1ncnc2nc(C3CCCC3)[nH]c12. The summed E-state index contributed by atoms with van der Waals surface area (Å²) in [5.41, 5.74) is 1.36. The van der Waals surface area contributed by atoms with Crippen molar-refractivity contribution >= 4 is 17.1 Å². The molecule has 2 aromatic rings. The smallest absolute Gasteiger partial charge is 0.359 e. The molecule has 0 atom stereocenters. The fourth-order valence-electron chi connectivity index (χ4n) is 2.49.